The van der Waals surface area contributed by atoms with Crippen LogP contribution < -0.4 is 10.6 Å². The molecule has 0 saturated carbocycles. The first-order valence-electron chi connectivity index (χ1n) is 8.25. The van der Waals surface area contributed by atoms with E-state index in [1.54, 1.807) is 11.3 Å². The van der Waals surface area contributed by atoms with Gasteiger partial charge in [-0.3, -0.25) is 0 Å². The number of rotatable bonds is 3. The summed E-state index contributed by atoms with van der Waals surface area (Å²) in [6, 6.07) is 5.80. The predicted molar refractivity (Wildman–Crippen MR) is 119 cm³/mol. The normalized spacial score (nSPS) is 13.5. The lowest BCUT2D eigenvalue weighted by Gasteiger charge is -2.12. The molecule has 2 aromatic rings. The standard InChI is InChI=1S/C18H18Br2N2O2S2/c1-24-17(23)15-11-5-3-2-4-6-14(11)26-16(15)22-18(25)21-13-8-7-10(19)9-12(13)20/h7-9H,2-6H2,1H3,(H2,21,22,25). The van der Waals surface area contributed by atoms with Gasteiger partial charge < -0.3 is 15.4 Å². The van der Waals surface area contributed by atoms with Crippen LogP contribution >= 0.6 is 55.4 Å². The van der Waals surface area contributed by atoms with Gasteiger partial charge in [-0.15, -0.1) is 11.3 Å². The van der Waals surface area contributed by atoms with Crippen LogP contribution in [0.25, 0.3) is 0 Å². The fourth-order valence-electron chi connectivity index (χ4n) is 3.00. The molecule has 1 heterocycles. The molecule has 1 aliphatic rings. The van der Waals surface area contributed by atoms with Crippen molar-refractivity contribution in [1.29, 1.82) is 0 Å². The molecule has 2 N–H and O–H groups in total. The van der Waals surface area contributed by atoms with E-state index in [9.17, 15) is 4.79 Å². The Hall–Kier alpha value is -0.960. The third-order valence-corrected chi connectivity index (χ3v) is 6.78. The van der Waals surface area contributed by atoms with Crippen molar-refractivity contribution in [3.05, 3.63) is 43.1 Å². The lowest BCUT2D eigenvalue weighted by atomic mass is 10.1. The maximum atomic E-state index is 12.4. The lowest BCUT2D eigenvalue weighted by Crippen LogP contribution is -2.20. The van der Waals surface area contributed by atoms with Gasteiger partial charge in [0.05, 0.1) is 18.4 Å². The Morgan fingerprint density at radius 1 is 1.19 bits per heavy atom. The second kappa shape index (κ2) is 8.82. The number of halogens is 2. The molecule has 0 fully saturated rings. The Labute approximate surface area is 179 Å². The minimum atomic E-state index is -0.306. The van der Waals surface area contributed by atoms with E-state index in [1.807, 2.05) is 18.2 Å². The molecule has 3 rings (SSSR count). The van der Waals surface area contributed by atoms with Crippen molar-refractivity contribution in [3.8, 4) is 0 Å². The van der Waals surface area contributed by atoms with Gasteiger partial charge in [-0.25, -0.2) is 4.79 Å². The van der Waals surface area contributed by atoms with Gasteiger partial charge >= 0.3 is 5.97 Å². The summed E-state index contributed by atoms with van der Waals surface area (Å²) in [5, 5.41) is 7.57. The molecule has 4 nitrogen and oxygen atoms in total. The summed E-state index contributed by atoms with van der Waals surface area (Å²) in [6.07, 6.45) is 5.37. The highest BCUT2D eigenvalue weighted by molar-refractivity contribution is 9.11. The van der Waals surface area contributed by atoms with E-state index in [-0.39, 0.29) is 5.97 Å². The number of fused-ring (bicyclic) bond motifs is 1. The number of hydrogen-bond acceptors (Lipinski definition) is 4. The number of nitrogens with one attached hydrogen (secondary N) is 2. The van der Waals surface area contributed by atoms with Crippen molar-refractivity contribution in [3.63, 3.8) is 0 Å². The fraction of sp³-hybridized carbons (Fsp3) is 0.333. The Balaban J connectivity index is 1.84. The number of esters is 1. The number of thiocarbonyl (C=S) groups is 1. The smallest absolute Gasteiger partial charge is 0.341 e. The summed E-state index contributed by atoms with van der Waals surface area (Å²) in [4.78, 5) is 13.6. The first kappa shape index (κ1) is 19.8. The monoisotopic (exact) mass is 516 g/mol. The number of carbonyl (C=O) groups is 1. The molecule has 8 heteroatoms. The summed E-state index contributed by atoms with van der Waals surface area (Å²) < 4.78 is 6.90. The van der Waals surface area contributed by atoms with Crippen molar-refractivity contribution in [2.45, 2.75) is 32.1 Å². The molecule has 1 aliphatic carbocycles. The van der Waals surface area contributed by atoms with E-state index in [1.165, 1.54) is 18.4 Å². The Bertz CT molecular complexity index is 852. The molecular formula is C18H18Br2N2O2S2. The van der Waals surface area contributed by atoms with E-state index >= 15 is 0 Å². The number of aryl methyl sites for hydroxylation is 1. The number of ether oxygens (including phenoxy) is 1. The largest absolute Gasteiger partial charge is 0.465 e. The molecule has 26 heavy (non-hydrogen) atoms. The van der Waals surface area contributed by atoms with E-state index in [0.717, 1.165) is 50.9 Å². The van der Waals surface area contributed by atoms with Crippen LogP contribution in [0, 0.1) is 0 Å². The highest BCUT2D eigenvalue weighted by Gasteiger charge is 2.25. The van der Waals surface area contributed by atoms with Gasteiger partial charge in [-0.2, -0.15) is 0 Å². The van der Waals surface area contributed by atoms with Gasteiger partial charge in [0.15, 0.2) is 5.11 Å². The molecule has 0 radical (unpaired) electrons. The quantitative estimate of drug-likeness (QED) is 0.291. The molecule has 0 spiro atoms. The molecule has 0 bridgehead atoms. The van der Waals surface area contributed by atoms with Gasteiger partial charge in [0.25, 0.3) is 0 Å². The Morgan fingerprint density at radius 2 is 1.96 bits per heavy atom. The van der Waals surface area contributed by atoms with Crippen LogP contribution in [-0.2, 0) is 17.6 Å². The van der Waals surface area contributed by atoms with Gasteiger partial charge in [0.2, 0.25) is 0 Å². The third-order valence-electron chi connectivity index (χ3n) is 4.22. The Morgan fingerprint density at radius 3 is 2.69 bits per heavy atom. The number of hydrogen-bond donors (Lipinski definition) is 2. The van der Waals surface area contributed by atoms with Crippen molar-refractivity contribution >= 4 is 77.2 Å². The van der Waals surface area contributed by atoms with Crippen LogP contribution in [0.15, 0.2) is 27.1 Å². The van der Waals surface area contributed by atoms with Crippen LogP contribution in [-0.4, -0.2) is 18.2 Å². The molecule has 1 aromatic heterocycles. The predicted octanol–water partition coefficient (Wildman–Crippen LogP) is 6.14. The zero-order valence-electron chi connectivity index (χ0n) is 14.2. The summed E-state index contributed by atoms with van der Waals surface area (Å²) >= 11 is 14.0. The topological polar surface area (TPSA) is 50.4 Å². The second-order valence-electron chi connectivity index (χ2n) is 5.96. The van der Waals surface area contributed by atoms with Crippen LogP contribution in [0.4, 0.5) is 10.7 Å². The van der Waals surface area contributed by atoms with Crippen LogP contribution in [0.2, 0.25) is 0 Å². The highest BCUT2D eigenvalue weighted by Crippen LogP contribution is 2.38. The van der Waals surface area contributed by atoms with E-state index in [2.05, 4.69) is 42.5 Å². The highest BCUT2D eigenvalue weighted by atomic mass is 79.9. The average Bonchev–Trinajstić information content (AvgIpc) is 2.77. The molecule has 0 aliphatic heterocycles. The molecular weight excluding hydrogens is 500 g/mol. The van der Waals surface area contributed by atoms with Crippen molar-refractivity contribution in [1.82, 2.24) is 0 Å². The van der Waals surface area contributed by atoms with Crippen molar-refractivity contribution in [2.24, 2.45) is 0 Å². The zero-order valence-corrected chi connectivity index (χ0v) is 19.0. The number of anilines is 2. The number of thiophene rings is 1. The van der Waals surface area contributed by atoms with E-state index in [0.29, 0.717) is 10.7 Å². The molecule has 0 saturated heterocycles. The molecule has 1 aromatic carbocycles. The SMILES string of the molecule is COC(=O)c1c(NC(=S)Nc2ccc(Br)cc2Br)sc2c1CCCCC2. The zero-order chi connectivity index (χ0) is 18.7. The van der Waals surface area contributed by atoms with E-state index in [4.69, 9.17) is 17.0 Å². The van der Waals surface area contributed by atoms with Crippen molar-refractivity contribution < 1.29 is 9.53 Å². The van der Waals surface area contributed by atoms with E-state index < -0.39 is 0 Å². The second-order valence-corrected chi connectivity index (χ2v) is 9.25. The minimum absolute atomic E-state index is 0.306. The number of methoxy groups -OCH3 is 1. The summed E-state index contributed by atoms with van der Waals surface area (Å²) in [7, 11) is 1.42. The third kappa shape index (κ3) is 4.47. The first-order chi connectivity index (χ1) is 12.5. The maximum Gasteiger partial charge on any atom is 0.341 e. The van der Waals surface area contributed by atoms with Gasteiger partial charge in [-0.05, 0) is 77.6 Å². The number of benzene rings is 1. The van der Waals surface area contributed by atoms with Crippen LogP contribution in [0.3, 0.4) is 0 Å². The van der Waals surface area contributed by atoms with Crippen LogP contribution in [0.5, 0.6) is 0 Å². The fourth-order valence-corrected chi connectivity index (χ4v) is 5.70. The van der Waals surface area contributed by atoms with Gasteiger partial charge in [0.1, 0.15) is 5.00 Å². The molecule has 0 atom stereocenters. The number of carbonyl (C=O) groups excluding carboxylic acids is 1. The summed E-state index contributed by atoms with van der Waals surface area (Å²) in [6.45, 7) is 0. The average molecular weight is 518 g/mol. The minimum Gasteiger partial charge on any atom is -0.465 e. The van der Waals surface area contributed by atoms with Crippen molar-refractivity contribution in [2.75, 3.05) is 17.7 Å². The summed E-state index contributed by atoms with van der Waals surface area (Å²) in [5.41, 5.74) is 2.60. The molecule has 0 amide bonds. The first-order valence-corrected chi connectivity index (χ1v) is 11.1. The summed E-state index contributed by atoms with van der Waals surface area (Å²) in [5.74, 6) is -0.306. The maximum absolute atomic E-state index is 12.4. The molecule has 138 valence electrons. The molecule has 0 unspecified atom stereocenters. The Kier molecular flexibility index (Phi) is 6.71. The van der Waals surface area contributed by atoms with Gasteiger partial charge in [0, 0.05) is 13.8 Å². The van der Waals surface area contributed by atoms with Gasteiger partial charge in [-0.1, -0.05) is 22.4 Å². The van der Waals surface area contributed by atoms with Crippen LogP contribution in [0.1, 0.15) is 40.1 Å². The lowest BCUT2D eigenvalue weighted by molar-refractivity contribution is 0.0601.